The van der Waals surface area contributed by atoms with E-state index in [9.17, 15) is 19.1 Å². The summed E-state index contributed by atoms with van der Waals surface area (Å²) in [5.41, 5.74) is -0.380. The van der Waals surface area contributed by atoms with Gasteiger partial charge in [-0.05, 0) is 41.5 Å². The maximum absolute atomic E-state index is 13.3. The lowest BCUT2D eigenvalue weighted by Crippen LogP contribution is -2.39. The summed E-state index contributed by atoms with van der Waals surface area (Å²) in [6.07, 6.45) is 2.72. The lowest BCUT2D eigenvalue weighted by atomic mass is 9.84. The molecule has 5 nitrogen and oxygen atoms in total. The van der Waals surface area contributed by atoms with Crippen LogP contribution in [0.25, 0.3) is 6.08 Å². The van der Waals surface area contributed by atoms with Crippen LogP contribution in [-0.2, 0) is 19.1 Å². The highest BCUT2D eigenvalue weighted by Crippen LogP contribution is 2.33. The van der Waals surface area contributed by atoms with Crippen molar-refractivity contribution in [3.63, 3.8) is 0 Å². The van der Waals surface area contributed by atoms with Crippen LogP contribution in [0.4, 0.5) is 4.39 Å². The highest BCUT2D eigenvalue weighted by Gasteiger charge is 2.44. The number of rotatable bonds is 7. The first-order valence-corrected chi connectivity index (χ1v) is 9.96. The standard InChI is InChI=1S/C22H28ClFO5/c1-14(10-21(2,3)4)7-19(26)28-13-22(12-25)11-16(20(27)29-22)8-15-5-6-18(24)17(23)9-15/h5-6,8-9,14,25H,7,10-13H2,1-4H3/b16-8+. The number of halogens is 2. The van der Waals surface area contributed by atoms with Gasteiger partial charge in [0.25, 0.3) is 0 Å². The minimum atomic E-state index is -1.31. The second-order valence-corrected chi connectivity index (χ2v) is 9.39. The summed E-state index contributed by atoms with van der Waals surface area (Å²) < 4.78 is 23.9. The van der Waals surface area contributed by atoms with Gasteiger partial charge in [0, 0.05) is 18.4 Å². The predicted octanol–water partition coefficient (Wildman–Crippen LogP) is 4.55. The topological polar surface area (TPSA) is 72.8 Å². The van der Waals surface area contributed by atoms with Gasteiger partial charge in [0.1, 0.15) is 12.4 Å². The van der Waals surface area contributed by atoms with Gasteiger partial charge < -0.3 is 14.6 Å². The van der Waals surface area contributed by atoms with E-state index in [-0.39, 0.29) is 35.8 Å². The SMILES string of the molecule is CC(CC(=O)OCC1(CO)C/C(=C\c2ccc(F)c(Cl)c2)C(=O)O1)CC(C)(C)C. The van der Waals surface area contributed by atoms with Crippen molar-refractivity contribution in [2.45, 2.75) is 52.6 Å². The predicted molar refractivity (Wildman–Crippen MR) is 109 cm³/mol. The van der Waals surface area contributed by atoms with Crippen LogP contribution in [0.2, 0.25) is 5.02 Å². The molecule has 1 saturated heterocycles. The van der Waals surface area contributed by atoms with Crippen molar-refractivity contribution in [1.29, 1.82) is 0 Å². The molecule has 29 heavy (non-hydrogen) atoms. The van der Waals surface area contributed by atoms with Gasteiger partial charge in [0.05, 0.1) is 11.6 Å². The van der Waals surface area contributed by atoms with Crippen LogP contribution >= 0.6 is 11.6 Å². The zero-order valence-corrected chi connectivity index (χ0v) is 18.0. The second kappa shape index (κ2) is 9.26. The summed E-state index contributed by atoms with van der Waals surface area (Å²) in [6.45, 7) is 7.60. The summed E-state index contributed by atoms with van der Waals surface area (Å²) in [6, 6.07) is 4.08. The van der Waals surface area contributed by atoms with Crippen molar-refractivity contribution in [3.05, 3.63) is 40.2 Å². The fraction of sp³-hybridized carbons (Fsp3) is 0.545. The third-order valence-corrected chi connectivity index (χ3v) is 4.92. The first-order valence-electron chi connectivity index (χ1n) is 9.58. The Bertz CT molecular complexity index is 799. The molecular weight excluding hydrogens is 399 g/mol. The Morgan fingerprint density at radius 1 is 1.45 bits per heavy atom. The highest BCUT2D eigenvalue weighted by atomic mass is 35.5. The van der Waals surface area contributed by atoms with Crippen molar-refractivity contribution in [2.75, 3.05) is 13.2 Å². The molecule has 0 aliphatic carbocycles. The van der Waals surface area contributed by atoms with Crippen molar-refractivity contribution >= 4 is 29.6 Å². The lowest BCUT2D eigenvalue weighted by molar-refractivity contribution is -0.166. The quantitative estimate of drug-likeness (QED) is 0.511. The van der Waals surface area contributed by atoms with E-state index in [1.54, 1.807) is 0 Å². The molecule has 1 heterocycles. The van der Waals surface area contributed by atoms with E-state index in [2.05, 4.69) is 20.8 Å². The van der Waals surface area contributed by atoms with Crippen molar-refractivity contribution in [1.82, 2.24) is 0 Å². The number of hydrogen-bond donors (Lipinski definition) is 1. The molecule has 0 radical (unpaired) electrons. The molecule has 1 aliphatic rings. The molecule has 1 aromatic carbocycles. The van der Waals surface area contributed by atoms with Gasteiger partial charge >= 0.3 is 11.9 Å². The molecule has 2 rings (SSSR count). The van der Waals surface area contributed by atoms with E-state index in [1.165, 1.54) is 24.3 Å². The Morgan fingerprint density at radius 3 is 2.72 bits per heavy atom. The van der Waals surface area contributed by atoms with Gasteiger partial charge in [0.15, 0.2) is 5.60 Å². The van der Waals surface area contributed by atoms with Crippen LogP contribution in [-0.4, -0.2) is 35.9 Å². The summed E-state index contributed by atoms with van der Waals surface area (Å²) >= 11 is 5.77. The van der Waals surface area contributed by atoms with E-state index >= 15 is 0 Å². The van der Waals surface area contributed by atoms with Crippen LogP contribution in [0.1, 0.15) is 52.5 Å². The molecule has 0 amide bonds. The Morgan fingerprint density at radius 2 is 2.14 bits per heavy atom. The monoisotopic (exact) mass is 426 g/mol. The maximum atomic E-state index is 13.3. The summed E-state index contributed by atoms with van der Waals surface area (Å²) in [7, 11) is 0. The minimum Gasteiger partial charge on any atom is -0.461 e. The van der Waals surface area contributed by atoms with Gasteiger partial charge in [0.2, 0.25) is 0 Å². The number of aliphatic hydroxyl groups is 1. The summed E-state index contributed by atoms with van der Waals surface area (Å²) in [5.74, 6) is -1.41. The molecule has 2 atom stereocenters. The van der Waals surface area contributed by atoms with E-state index in [1.807, 2.05) is 6.92 Å². The van der Waals surface area contributed by atoms with Crippen LogP contribution < -0.4 is 0 Å². The van der Waals surface area contributed by atoms with E-state index in [4.69, 9.17) is 21.1 Å². The molecule has 0 saturated carbocycles. The number of aliphatic hydroxyl groups excluding tert-OH is 1. The Balaban J connectivity index is 2.01. The number of ether oxygens (including phenoxy) is 2. The number of cyclic esters (lactones) is 1. The Labute approximate surface area is 175 Å². The molecule has 2 unspecified atom stereocenters. The van der Waals surface area contributed by atoms with Crippen molar-refractivity contribution < 1.29 is 28.6 Å². The van der Waals surface area contributed by atoms with Crippen LogP contribution in [0.5, 0.6) is 0 Å². The maximum Gasteiger partial charge on any atom is 0.334 e. The fourth-order valence-corrected chi connectivity index (χ4v) is 3.71. The third kappa shape index (κ3) is 6.82. The average Bonchev–Trinajstić information content (AvgIpc) is 2.91. The number of esters is 2. The van der Waals surface area contributed by atoms with Gasteiger partial charge in [-0.15, -0.1) is 0 Å². The van der Waals surface area contributed by atoms with Crippen LogP contribution in [0, 0.1) is 17.2 Å². The molecular formula is C22H28ClFO5. The molecule has 1 aromatic rings. The highest BCUT2D eigenvalue weighted by molar-refractivity contribution is 6.30. The second-order valence-electron chi connectivity index (χ2n) is 8.99. The normalized spacial score (nSPS) is 21.9. The number of carbonyl (C=O) groups is 2. The lowest BCUT2D eigenvalue weighted by Gasteiger charge is -2.25. The third-order valence-electron chi connectivity index (χ3n) is 4.63. The number of carbonyl (C=O) groups excluding carboxylic acids is 2. The van der Waals surface area contributed by atoms with Gasteiger partial charge in [-0.2, -0.15) is 0 Å². The van der Waals surface area contributed by atoms with Gasteiger partial charge in [-0.25, -0.2) is 9.18 Å². The van der Waals surface area contributed by atoms with E-state index < -0.39 is 30.0 Å². The van der Waals surface area contributed by atoms with Crippen LogP contribution in [0.3, 0.4) is 0 Å². The zero-order chi connectivity index (χ0) is 21.8. The number of hydrogen-bond acceptors (Lipinski definition) is 5. The molecule has 1 N–H and O–H groups in total. The minimum absolute atomic E-state index is 0.0579. The van der Waals surface area contributed by atoms with Crippen molar-refractivity contribution in [2.24, 2.45) is 11.3 Å². The smallest absolute Gasteiger partial charge is 0.334 e. The fourth-order valence-electron chi connectivity index (χ4n) is 3.52. The first kappa shape index (κ1) is 23.4. The molecule has 0 spiro atoms. The Kier molecular flexibility index (Phi) is 7.46. The largest absolute Gasteiger partial charge is 0.461 e. The molecule has 7 heteroatoms. The molecule has 160 valence electrons. The summed E-state index contributed by atoms with van der Waals surface area (Å²) in [5, 5.41) is 9.72. The molecule has 1 aliphatic heterocycles. The van der Waals surface area contributed by atoms with E-state index in [0.29, 0.717) is 11.1 Å². The van der Waals surface area contributed by atoms with Crippen LogP contribution in [0.15, 0.2) is 23.8 Å². The zero-order valence-electron chi connectivity index (χ0n) is 17.3. The molecule has 0 aromatic heterocycles. The van der Waals surface area contributed by atoms with Crippen molar-refractivity contribution in [3.8, 4) is 0 Å². The van der Waals surface area contributed by atoms with E-state index in [0.717, 1.165) is 6.42 Å². The number of benzene rings is 1. The molecule has 0 bridgehead atoms. The molecule has 1 fully saturated rings. The van der Waals surface area contributed by atoms with Gasteiger partial charge in [-0.1, -0.05) is 45.4 Å². The Hall–Kier alpha value is -1.92. The first-order chi connectivity index (χ1) is 13.4. The average molecular weight is 427 g/mol. The van der Waals surface area contributed by atoms with Gasteiger partial charge in [-0.3, -0.25) is 4.79 Å². The summed E-state index contributed by atoms with van der Waals surface area (Å²) in [4.78, 5) is 24.4.